The second-order valence-corrected chi connectivity index (χ2v) is 9.49. The summed E-state index contributed by atoms with van der Waals surface area (Å²) in [6.07, 6.45) is 5.24. The van der Waals surface area contributed by atoms with E-state index in [9.17, 15) is 4.79 Å². The van der Waals surface area contributed by atoms with E-state index < -0.39 is 0 Å². The van der Waals surface area contributed by atoms with Crippen molar-refractivity contribution >= 4 is 11.8 Å². The molecule has 0 unspecified atom stereocenters. The Morgan fingerprint density at radius 1 is 1.00 bits per heavy atom. The number of hydrogen-bond donors (Lipinski definition) is 0. The van der Waals surface area contributed by atoms with Crippen molar-refractivity contribution in [2.75, 3.05) is 51.9 Å². The van der Waals surface area contributed by atoms with Crippen molar-refractivity contribution in [2.45, 2.75) is 39.3 Å². The Labute approximate surface area is 219 Å². The monoisotopic (exact) mass is 507 g/mol. The first-order valence-electron chi connectivity index (χ1n) is 12.8. The average molecular weight is 508 g/mol. The van der Waals surface area contributed by atoms with Gasteiger partial charge in [-0.15, -0.1) is 0 Å². The minimum absolute atomic E-state index is 0.165. The highest BCUT2D eigenvalue weighted by Gasteiger charge is 2.24. The van der Waals surface area contributed by atoms with Crippen LogP contribution in [-0.4, -0.2) is 69.0 Å². The van der Waals surface area contributed by atoms with E-state index in [4.69, 9.17) is 18.9 Å². The fraction of sp³-hybridized carbons (Fsp3) is 0.448. The smallest absolute Gasteiger partial charge is 0.342 e. The molecule has 2 aliphatic rings. The number of anilines is 1. The number of methoxy groups -OCH3 is 2. The van der Waals surface area contributed by atoms with Gasteiger partial charge in [-0.25, -0.2) is 9.78 Å². The zero-order valence-corrected chi connectivity index (χ0v) is 22.2. The van der Waals surface area contributed by atoms with Gasteiger partial charge in [0.2, 0.25) is 0 Å². The molecule has 8 heteroatoms. The quantitative estimate of drug-likeness (QED) is 0.433. The molecule has 1 aromatic carbocycles. The van der Waals surface area contributed by atoms with Gasteiger partial charge in [-0.3, -0.25) is 4.90 Å². The molecule has 1 fully saturated rings. The number of nitrogens with zero attached hydrogens (tertiary/aromatic N) is 3. The number of rotatable bonds is 10. The summed E-state index contributed by atoms with van der Waals surface area (Å²) in [6, 6.07) is 11.8. The second-order valence-electron chi connectivity index (χ2n) is 9.49. The van der Waals surface area contributed by atoms with E-state index in [2.05, 4.69) is 26.9 Å². The molecule has 37 heavy (non-hydrogen) atoms. The number of pyridine rings is 1. The highest BCUT2D eigenvalue weighted by molar-refractivity contribution is 5.94. The van der Waals surface area contributed by atoms with Crippen molar-refractivity contribution in [1.82, 2.24) is 9.88 Å². The first-order valence-corrected chi connectivity index (χ1v) is 12.8. The van der Waals surface area contributed by atoms with Crippen LogP contribution in [0.3, 0.4) is 0 Å². The van der Waals surface area contributed by atoms with Gasteiger partial charge in [0.1, 0.15) is 29.5 Å². The largest absolute Gasteiger partial charge is 0.501 e. The Morgan fingerprint density at radius 2 is 1.76 bits per heavy atom. The van der Waals surface area contributed by atoms with Crippen LogP contribution in [0.2, 0.25) is 0 Å². The molecule has 0 atom stereocenters. The van der Waals surface area contributed by atoms with Gasteiger partial charge >= 0.3 is 5.97 Å². The average Bonchev–Trinajstić information content (AvgIpc) is 2.92. The van der Waals surface area contributed by atoms with E-state index in [-0.39, 0.29) is 12.1 Å². The highest BCUT2D eigenvalue weighted by atomic mass is 16.5. The molecule has 1 aliphatic carbocycles. The summed E-state index contributed by atoms with van der Waals surface area (Å²) >= 11 is 0. The first-order chi connectivity index (χ1) is 18.0. The molecule has 198 valence electrons. The highest BCUT2D eigenvalue weighted by Crippen LogP contribution is 2.26. The Morgan fingerprint density at radius 3 is 2.43 bits per heavy atom. The maximum absolute atomic E-state index is 12.5. The summed E-state index contributed by atoms with van der Waals surface area (Å²) in [5.74, 6) is 3.10. The van der Waals surface area contributed by atoms with Crippen LogP contribution < -0.4 is 9.64 Å². The predicted molar refractivity (Wildman–Crippen MR) is 143 cm³/mol. The Bertz CT molecular complexity index is 1120. The van der Waals surface area contributed by atoms with Gasteiger partial charge in [-0.1, -0.05) is 12.1 Å². The molecule has 1 aromatic heterocycles. The van der Waals surface area contributed by atoms with Crippen LogP contribution in [0.5, 0.6) is 5.75 Å². The Hall–Kier alpha value is -3.52. The number of esters is 1. The third kappa shape index (κ3) is 7.04. The van der Waals surface area contributed by atoms with E-state index >= 15 is 0 Å². The van der Waals surface area contributed by atoms with E-state index in [0.29, 0.717) is 18.0 Å². The molecule has 2 heterocycles. The third-order valence-corrected chi connectivity index (χ3v) is 6.55. The standard InChI is InChI=1S/C29H37N3O5/c1-21(2)37-29(33)26-6-5-13-30-28(26)32-16-14-31(15-17-32)19-22-7-9-24(10-8-22)36-20-23-18-25(34-3)11-12-27(23)35-4/h5-10,13,18,21H,11-12,14-17,19-20H2,1-4H3. The van der Waals surface area contributed by atoms with Gasteiger partial charge < -0.3 is 23.8 Å². The Kier molecular flexibility index (Phi) is 9.06. The van der Waals surface area contributed by atoms with Crippen LogP contribution >= 0.6 is 0 Å². The zero-order chi connectivity index (χ0) is 26.2. The topological polar surface area (TPSA) is 73.4 Å². The predicted octanol–water partition coefficient (Wildman–Crippen LogP) is 4.57. The lowest BCUT2D eigenvalue weighted by molar-refractivity contribution is 0.0378. The molecule has 1 saturated heterocycles. The fourth-order valence-corrected chi connectivity index (χ4v) is 4.57. The van der Waals surface area contributed by atoms with Gasteiger partial charge in [-0.05, 0) is 49.8 Å². The molecular weight excluding hydrogens is 470 g/mol. The number of carbonyl (C=O) groups is 1. The van der Waals surface area contributed by atoms with E-state index in [1.54, 1.807) is 32.5 Å². The van der Waals surface area contributed by atoms with E-state index in [0.717, 1.165) is 68.4 Å². The number of ether oxygens (including phenoxy) is 4. The van der Waals surface area contributed by atoms with Crippen molar-refractivity contribution in [3.63, 3.8) is 0 Å². The molecular formula is C29H37N3O5. The lowest BCUT2D eigenvalue weighted by Crippen LogP contribution is -2.46. The number of aromatic nitrogens is 1. The van der Waals surface area contributed by atoms with Gasteiger partial charge in [0.25, 0.3) is 0 Å². The number of allylic oxidation sites excluding steroid dienone is 2. The van der Waals surface area contributed by atoms with Crippen molar-refractivity contribution in [3.8, 4) is 5.75 Å². The van der Waals surface area contributed by atoms with E-state index in [1.807, 2.05) is 32.1 Å². The summed E-state index contributed by atoms with van der Waals surface area (Å²) in [6.45, 7) is 8.37. The van der Waals surface area contributed by atoms with Crippen molar-refractivity contribution in [3.05, 3.63) is 76.9 Å². The molecule has 0 saturated carbocycles. The Balaban J connectivity index is 1.29. The summed E-state index contributed by atoms with van der Waals surface area (Å²) in [4.78, 5) is 21.6. The molecule has 0 bridgehead atoms. The minimum atomic E-state index is -0.323. The van der Waals surface area contributed by atoms with Crippen molar-refractivity contribution in [1.29, 1.82) is 0 Å². The van der Waals surface area contributed by atoms with Crippen molar-refractivity contribution in [2.24, 2.45) is 0 Å². The van der Waals surface area contributed by atoms with Crippen LogP contribution in [0.1, 0.15) is 42.6 Å². The normalized spacial score (nSPS) is 16.5. The summed E-state index contributed by atoms with van der Waals surface area (Å²) in [7, 11) is 3.39. The van der Waals surface area contributed by atoms with Crippen LogP contribution in [-0.2, 0) is 20.8 Å². The van der Waals surface area contributed by atoms with Crippen LogP contribution in [0.4, 0.5) is 5.82 Å². The molecule has 1 aliphatic heterocycles. The van der Waals surface area contributed by atoms with Crippen LogP contribution in [0.25, 0.3) is 0 Å². The molecule has 2 aromatic rings. The van der Waals surface area contributed by atoms with Crippen molar-refractivity contribution < 1.29 is 23.7 Å². The van der Waals surface area contributed by atoms with Gasteiger partial charge in [-0.2, -0.15) is 0 Å². The second kappa shape index (κ2) is 12.6. The maximum atomic E-state index is 12.5. The summed E-state index contributed by atoms with van der Waals surface area (Å²) in [5.41, 5.74) is 2.77. The molecule has 0 amide bonds. The SMILES string of the molecule is COC1=CC(COc2ccc(CN3CCN(c4ncccc4C(=O)OC(C)C)CC3)cc2)=C(OC)CC1. The molecule has 0 spiro atoms. The first kappa shape index (κ1) is 26.5. The number of benzene rings is 1. The molecule has 4 rings (SSSR count). The fourth-order valence-electron chi connectivity index (χ4n) is 4.57. The summed E-state index contributed by atoms with van der Waals surface area (Å²) in [5, 5.41) is 0. The number of piperazine rings is 1. The maximum Gasteiger partial charge on any atom is 0.342 e. The number of carbonyl (C=O) groups excluding carboxylic acids is 1. The zero-order valence-electron chi connectivity index (χ0n) is 22.2. The van der Waals surface area contributed by atoms with E-state index in [1.165, 1.54) is 5.56 Å². The van der Waals surface area contributed by atoms with Gasteiger partial charge in [0, 0.05) is 57.3 Å². The van der Waals surface area contributed by atoms with Gasteiger partial charge in [0.15, 0.2) is 0 Å². The van der Waals surface area contributed by atoms with Gasteiger partial charge in [0.05, 0.1) is 26.1 Å². The third-order valence-electron chi connectivity index (χ3n) is 6.55. The molecule has 8 nitrogen and oxygen atoms in total. The molecule has 0 N–H and O–H groups in total. The minimum Gasteiger partial charge on any atom is -0.501 e. The van der Waals surface area contributed by atoms with Crippen LogP contribution in [0.15, 0.2) is 65.8 Å². The molecule has 0 radical (unpaired) electrons. The summed E-state index contributed by atoms with van der Waals surface area (Å²) < 4.78 is 22.4. The van der Waals surface area contributed by atoms with Crippen LogP contribution in [0, 0.1) is 0 Å². The lowest BCUT2D eigenvalue weighted by atomic mass is 10.0. The number of hydrogen-bond acceptors (Lipinski definition) is 8. The lowest BCUT2D eigenvalue weighted by Gasteiger charge is -2.36.